The van der Waals surface area contributed by atoms with Crippen molar-refractivity contribution in [1.29, 1.82) is 0 Å². The number of methoxy groups -OCH3 is 1. The van der Waals surface area contributed by atoms with Crippen molar-refractivity contribution >= 4 is 5.91 Å². The van der Waals surface area contributed by atoms with Crippen LogP contribution in [0.3, 0.4) is 0 Å². The van der Waals surface area contributed by atoms with Crippen LogP contribution in [-0.4, -0.2) is 41.8 Å². The average Bonchev–Trinajstić information content (AvgIpc) is 2.81. The lowest BCUT2D eigenvalue weighted by Gasteiger charge is -2.15. The van der Waals surface area contributed by atoms with Gasteiger partial charge in [0.2, 0.25) is 0 Å². The van der Waals surface area contributed by atoms with Gasteiger partial charge in [-0.1, -0.05) is 0 Å². The fraction of sp³-hybridized carbons (Fsp3) is 0.292. The minimum Gasteiger partial charge on any atom is -0.497 e. The maximum Gasteiger partial charge on any atom is 0.260 e. The summed E-state index contributed by atoms with van der Waals surface area (Å²) in [4.78, 5) is 29.1. The Labute approximate surface area is 186 Å². The minimum absolute atomic E-state index is 0.194. The predicted molar refractivity (Wildman–Crippen MR) is 121 cm³/mol. The third-order valence-electron chi connectivity index (χ3n) is 4.73. The Morgan fingerprint density at radius 1 is 1.06 bits per heavy atom. The van der Waals surface area contributed by atoms with Crippen LogP contribution in [0.2, 0.25) is 0 Å². The van der Waals surface area contributed by atoms with Gasteiger partial charge in [0.15, 0.2) is 6.10 Å². The van der Waals surface area contributed by atoms with Gasteiger partial charge >= 0.3 is 0 Å². The van der Waals surface area contributed by atoms with Crippen LogP contribution in [0.15, 0.2) is 65.7 Å². The van der Waals surface area contributed by atoms with Gasteiger partial charge in [0.05, 0.1) is 25.7 Å². The highest BCUT2D eigenvalue weighted by molar-refractivity contribution is 5.80. The number of nitrogens with one attached hydrogen (secondary N) is 1. The van der Waals surface area contributed by atoms with Gasteiger partial charge in [0, 0.05) is 24.7 Å². The topological polar surface area (TPSA) is 91.7 Å². The molecule has 3 rings (SSSR count). The molecule has 0 radical (unpaired) electrons. The smallest absolute Gasteiger partial charge is 0.260 e. The Morgan fingerprint density at radius 3 is 2.34 bits per heavy atom. The second-order valence-corrected chi connectivity index (χ2v) is 6.99. The van der Waals surface area contributed by atoms with E-state index >= 15 is 0 Å². The number of hydrogen-bond acceptors (Lipinski definition) is 6. The predicted octanol–water partition coefficient (Wildman–Crippen LogP) is 2.90. The van der Waals surface area contributed by atoms with Crippen molar-refractivity contribution in [1.82, 2.24) is 14.9 Å². The van der Waals surface area contributed by atoms with E-state index in [1.165, 1.54) is 17.0 Å². The number of carbonyl (C=O) groups excluding carboxylic acids is 1. The summed E-state index contributed by atoms with van der Waals surface area (Å²) in [6, 6.07) is 15.9. The molecule has 0 saturated carbocycles. The molecule has 0 aliphatic rings. The van der Waals surface area contributed by atoms with E-state index in [1.807, 2.05) is 31.2 Å². The largest absolute Gasteiger partial charge is 0.497 e. The lowest BCUT2D eigenvalue weighted by atomic mass is 10.1. The summed E-state index contributed by atoms with van der Waals surface area (Å²) in [5.41, 5.74) is 1.22. The fourth-order valence-electron chi connectivity index (χ4n) is 3.00. The zero-order valence-electron chi connectivity index (χ0n) is 18.4. The average molecular weight is 437 g/mol. The Kier molecular flexibility index (Phi) is 7.85. The molecule has 0 fully saturated rings. The van der Waals surface area contributed by atoms with Crippen molar-refractivity contribution in [2.75, 3.05) is 20.3 Å². The first-order chi connectivity index (χ1) is 15.5. The van der Waals surface area contributed by atoms with Crippen LogP contribution >= 0.6 is 0 Å². The zero-order chi connectivity index (χ0) is 22.9. The SMILES string of the molecule is CCOc1ccc(-c2cc(=O)n(CCNC(=O)C(C)Oc3ccc(OC)cc3)cn2)cc1. The number of carbonyl (C=O) groups is 1. The molecule has 0 aliphatic carbocycles. The molecule has 1 atom stereocenters. The minimum atomic E-state index is -0.680. The summed E-state index contributed by atoms with van der Waals surface area (Å²) in [6.45, 7) is 4.76. The molecule has 1 N–H and O–H groups in total. The van der Waals surface area contributed by atoms with E-state index in [0.717, 1.165) is 11.3 Å². The maximum atomic E-state index is 12.4. The number of benzene rings is 2. The van der Waals surface area contributed by atoms with E-state index < -0.39 is 6.10 Å². The van der Waals surface area contributed by atoms with Crippen LogP contribution in [-0.2, 0) is 11.3 Å². The van der Waals surface area contributed by atoms with Gasteiger partial charge in [-0.3, -0.25) is 14.2 Å². The van der Waals surface area contributed by atoms with Crippen molar-refractivity contribution in [3.05, 3.63) is 71.3 Å². The van der Waals surface area contributed by atoms with E-state index in [9.17, 15) is 9.59 Å². The molecule has 32 heavy (non-hydrogen) atoms. The lowest BCUT2D eigenvalue weighted by molar-refractivity contribution is -0.127. The van der Waals surface area contributed by atoms with E-state index in [-0.39, 0.29) is 18.0 Å². The second-order valence-electron chi connectivity index (χ2n) is 6.99. The van der Waals surface area contributed by atoms with Crippen molar-refractivity contribution in [2.45, 2.75) is 26.5 Å². The number of rotatable bonds is 10. The highest BCUT2D eigenvalue weighted by atomic mass is 16.5. The first kappa shape index (κ1) is 22.9. The van der Waals surface area contributed by atoms with Crippen molar-refractivity contribution in [2.24, 2.45) is 0 Å². The van der Waals surface area contributed by atoms with Crippen LogP contribution in [0.1, 0.15) is 13.8 Å². The summed E-state index contributed by atoms with van der Waals surface area (Å²) in [6.07, 6.45) is 0.803. The molecule has 168 valence electrons. The monoisotopic (exact) mass is 437 g/mol. The Bertz CT molecular complexity index is 1080. The van der Waals surface area contributed by atoms with Crippen LogP contribution in [0.4, 0.5) is 0 Å². The highest BCUT2D eigenvalue weighted by Gasteiger charge is 2.14. The lowest BCUT2D eigenvalue weighted by Crippen LogP contribution is -2.38. The van der Waals surface area contributed by atoms with E-state index in [2.05, 4.69) is 10.3 Å². The van der Waals surface area contributed by atoms with Gasteiger partial charge in [-0.25, -0.2) is 4.98 Å². The molecular weight excluding hydrogens is 410 g/mol. The summed E-state index contributed by atoms with van der Waals surface area (Å²) < 4.78 is 17.6. The van der Waals surface area contributed by atoms with Crippen LogP contribution < -0.4 is 25.1 Å². The molecule has 0 aliphatic heterocycles. The number of hydrogen-bond donors (Lipinski definition) is 1. The third-order valence-corrected chi connectivity index (χ3v) is 4.73. The summed E-state index contributed by atoms with van der Waals surface area (Å²) in [5, 5.41) is 2.78. The molecule has 1 amide bonds. The van der Waals surface area contributed by atoms with Crippen molar-refractivity contribution in [3.63, 3.8) is 0 Å². The van der Waals surface area contributed by atoms with Gasteiger partial charge < -0.3 is 19.5 Å². The number of amides is 1. The summed E-state index contributed by atoms with van der Waals surface area (Å²) >= 11 is 0. The number of nitrogens with zero attached hydrogens (tertiary/aromatic N) is 2. The van der Waals surface area contributed by atoms with E-state index in [0.29, 0.717) is 30.3 Å². The van der Waals surface area contributed by atoms with E-state index in [1.54, 1.807) is 38.3 Å². The van der Waals surface area contributed by atoms with Crippen LogP contribution in [0.25, 0.3) is 11.3 Å². The van der Waals surface area contributed by atoms with Gasteiger partial charge in [0.1, 0.15) is 17.2 Å². The molecule has 8 nitrogen and oxygen atoms in total. The second kappa shape index (κ2) is 11.0. The zero-order valence-corrected chi connectivity index (χ0v) is 18.4. The molecular formula is C24H27N3O5. The molecule has 1 aromatic heterocycles. The third kappa shape index (κ3) is 6.10. The maximum absolute atomic E-state index is 12.4. The molecule has 1 heterocycles. The van der Waals surface area contributed by atoms with Crippen molar-refractivity contribution < 1.29 is 19.0 Å². The van der Waals surface area contributed by atoms with Gasteiger partial charge in [0.25, 0.3) is 11.5 Å². The molecule has 8 heteroatoms. The van der Waals surface area contributed by atoms with Crippen molar-refractivity contribution in [3.8, 4) is 28.5 Å². The Balaban J connectivity index is 1.51. The normalized spacial score (nSPS) is 11.5. The van der Waals surface area contributed by atoms with Gasteiger partial charge in [-0.05, 0) is 62.4 Å². The fourth-order valence-corrected chi connectivity index (χ4v) is 3.00. The quantitative estimate of drug-likeness (QED) is 0.524. The molecule has 2 aromatic carbocycles. The molecule has 3 aromatic rings. The van der Waals surface area contributed by atoms with Crippen LogP contribution in [0.5, 0.6) is 17.2 Å². The standard InChI is InChI=1S/C24H27N3O5/c1-4-31-20-7-5-18(6-8-20)22-15-23(28)27(16-26-22)14-13-25-24(29)17(2)32-21-11-9-19(30-3)10-12-21/h5-12,15-17H,4,13-14H2,1-3H3,(H,25,29). The van der Waals surface area contributed by atoms with Crippen LogP contribution in [0, 0.1) is 0 Å². The summed E-state index contributed by atoms with van der Waals surface area (Å²) in [7, 11) is 1.58. The molecule has 1 unspecified atom stereocenters. The summed E-state index contributed by atoms with van der Waals surface area (Å²) in [5.74, 6) is 1.78. The number of aromatic nitrogens is 2. The first-order valence-corrected chi connectivity index (χ1v) is 10.4. The Morgan fingerprint density at radius 2 is 1.72 bits per heavy atom. The molecule has 0 bridgehead atoms. The van der Waals surface area contributed by atoms with Gasteiger partial charge in [-0.2, -0.15) is 0 Å². The number of ether oxygens (including phenoxy) is 3. The first-order valence-electron chi connectivity index (χ1n) is 10.4. The highest BCUT2D eigenvalue weighted by Crippen LogP contribution is 2.20. The van der Waals surface area contributed by atoms with E-state index in [4.69, 9.17) is 14.2 Å². The van der Waals surface area contributed by atoms with Gasteiger partial charge in [-0.15, -0.1) is 0 Å². The molecule has 0 saturated heterocycles. The molecule has 0 spiro atoms. The Hall–Kier alpha value is -3.81.